The van der Waals surface area contributed by atoms with Gasteiger partial charge in [0.15, 0.2) is 0 Å². The van der Waals surface area contributed by atoms with E-state index in [2.05, 4.69) is 23.9 Å². The van der Waals surface area contributed by atoms with E-state index in [1.807, 2.05) is 59.4 Å². The van der Waals surface area contributed by atoms with Crippen molar-refractivity contribution in [3.63, 3.8) is 0 Å². The third-order valence-corrected chi connectivity index (χ3v) is 7.41. The Labute approximate surface area is 234 Å². The number of hydrogen-bond donors (Lipinski definition) is 1. The number of hydrogen-bond acceptors (Lipinski definition) is 4. The molecule has 0 radical (unpaired) electrons. The van der Waals surface area contributed by atoms with E-state index in [1.165, 1.54) is 0 Å². The number of aromatic hydroxyl groups is 1. The summed E-state index contributed by atoms with van der Waals surface area (Å²) < 4.78 is 1.84. The minimum absolute atomic E-state index is 0. The maximum Gasteiger partial charge on any atom is 0.234 e. The van der Waals surface area contributed by atoms with Crippen molar-refractivity contribution < 1.29 is 9.90 Å². The van der Waals surface area contributed by atoms with E-state index in [0.717, 1.165) is 52.9 Å². The number of rotatable bonds is 7. The molecule has 1 unspecified atom stereocenters. The quantitative estimate of drug-likeness (QED) is 0.272. The molecule has 1 aliphatic carbocycles. The summed E-state index contributed by atoms with van der Waals surface area (Å²) in [5.74, 6) is 0.253. The zero-order chi connectivity index (χ0) is 25.9. The molecule has 2 aromatic carbocycles. The molecule has 0 saturated carbocycles. The van der Waals surface area contributed by atoms with E-state index >= 15 is 0 Å². The van der Waals surface area contributed by atoms with Gasteiger partial charge in [0.2, 0.25) is 5.91 Å². The average molecular weight is 552 g/mol. The lowest BCUT2D eigenvalue weighted by Crippen LogP contribution is -2.36. The molecule has 2 aromatic heterocycles. The fraction of sp³-hybridized carbons (Fsp3) is 0.300. The summed E-state index contributed by atoms with van der Waals surface area (Å²) >= 11 is 6.34. The van der Waals surface area contributed by atoms with Gasteiger partial charge in [-0.05, 0) is 66.1 Å². The molecule has 0 saturated heterocycles. The Balaban J connectivity index is 0.00000336. The van der Waals surface area contributed by atoms with Crippen LogP contribution in [0.3, 0.4) is 0 Å². The van der Waals surface area contributed by atoms with Gasteiger partial charge >= 0.3 is 0 Å². The number of aromatic nitrogens is 3. The second kappa shape index (κ2) is 12.0. The standard InChI is InChI=1S/C30H31ClN4O2.ClH/c1-20(2)28-14-13-23(16-32-28)35(30(37)26-10-5-9-25-24(26)8-6-12-29(25)36)18-21-15-33-34(17-21)19-22-7-3-4-11-27(22)31;/h3-4,6-8,11-17,20,26,36H,5,9-10,18-19H2,1-2H3;1H. The first-order valence-corrected chi connectivity index (χ1v) is 13.1. The van der Waals surface area contributed by atoms with Crippen LogP contribution in [0.15, 0.2) is 73.2 Å². The predicted molar refractivity (Wildman–Crippen MR) is 153 cm³/mol. The van der Waals surface area contributed by atoms with Gasteiger partial charge in [0.05, 0.1) is 37.1 Å². The fourth-order valence-corrected chi connectivity index (χ4v) is 5.22. The van der Waals surface area contributed by atoms with Crippen LogP contribution in [0, 0.1) is 0 Å². The molecule has 8 heteroatoms. The van der Waals surface area contributed by atoms with Crippen molar-refractivity contribution in [2.75, 3.05) is 4.90 Å². The largest absolute Gasteiger partial charge is 0.508 e. The van der Waals surface area contributed by atoms with Crippen LogP contribution in [0.1, 0.15) is 66.5 Å². The average Bonchev–Trinajstić information content (AvgIpc) is 3.35. The Morgan fingerprint density at radius 1 is 1.13 bits per heavy atom. The van der Waals surface area contributed by atoms with E-state index in [0.29, 0.717) is 24.0 Å². The van der Waals surface area contributed by atoms with E-state index in [4.69, 9.17) is 11.6 Å². The van der Waals surface area contributed by atoms with E-state index < -0.39 is 0 Å². The van der Waals surface area contributed by atoms with Crippen LogP contribution in [0.25, 0.3) is 0 Å². The van der Waals surface area contributed by atoms with Crippen LogP contribution in [-0.2, 0) is 24.3 Å². The lowest BCUT2D eigenvalue weighted by atomic mass is 9.81. The molecule has 198 valence electrons. The monoisotopic (exact) mass is 550 g/mol. The van der Waals surface area contributed by atoms with Crippen molar-refractivity contribution in [1.82, 2.24) is 14.8 Å². The van der Waals surface area contributed by atoms with Crippen LogP contribution in [-0.4, -0.2) is 25.8 Å². The first-order valence-electron chi connectivity index (χ1n) is 12.7. The third-order valence-electron chi connectivity index (χ3n) is 7.04. The second-order valence-electron chi connectivity index (χ2n) is 9.95. The smallest absolute Gasteiger partial charge is 0.234 e. The van der Waals surface area contributed by atoms with Gasteiger partial charge in [-0.2, -0.15) is 5.10 Å². The van der Waals surface area contributed by atoms with Gasteiger partial charge in [-0.1, -0.05) is 55.8 Å². The number of amides is 1. The van der Waals surface area contributed by atoms with Crippen LogP contribution in [0.2, 0.25) is 5.02 Å². The highest BCUT2D eigenvalue weighted by molar-refractivity contribution is 6.31. The fourth-order valence-electron chi connectivity index (χ4n) is 5.03. The summed E-state index contributed by atoms with van der Waals surface area (Å²) in [7, 11) is 0. The zero-order valence-electron chi connectivity index (χ0n) is 21.5. The number of pyridine rings is 1. The molecular formula is C30H32Cl2N4O2. The van der Waals surface area contributed by atoms with Crippen molar-refractivity contribution in [3.05, 3.63) is 106 Å². The highest BCUT2D eigenvalue weighted by Crippen LogP contribution is 2.38. The highest BCUT2D eigenvalue weighted by atomic mass is 35.5. The Hall–Kier alpha value is -3.35. The summed E-state index contributed by atoms with van der Waals surface area (Å²) in [4.78, 5) is 20.5. The van der Waals surface area contributed by atoms with Crippen molar-refractivity contribution >= 4 is 35.6 Å². The molecule has 4 aromatic rings. The summed E-state index contributed by atoms with van der Waals surface area (Å²) in [5, 5.41) is 15.6. The molecule has 0 fully saturated rings. The first-order chi connectivity index (χ1) is 17.9. The number of phenolic OH excluding ortho intramolecular Hbond substituents is 1. The maximum absolute atomic E-state index is 14.1. The lowest BCUT2D eigenvalue weighted by Gasteiger charge is -2.31. The number of anilines is 1. The van der Waals surface area contributed by atoms with Gasteiger partial charge in [-0.15, -0.1) is 12.4 Å². The summed E-state index contributed by atoms with van der Waals surface area (Å²) in [6.45, 7) is 5.12. The minimum Gasteiger partial charge on any atom is -0.508 e. The number of benzene rings is 2. The Bertz CT molecular complexity index is 1400. The molecule has 2 heterocycles. The van der Waals surface area contributed by atoms with Gasteiger partial charge in [0.25, 0.3) is 0 Å². The number of carbonyl (C=O) groups excluding carboxylic acids is 1. The van der Waals surface area contributed by atoms with Gasteiger partial charge in [-0.3, -0.25) is 14.5 Å². The van der Waals surface area contributed by atoms with Crippen LogP contribution < -0.4 is 4.90 Å². The molecule has 5 rings (SSSR count). The number of nitrogens with zero attached hydrogens (tertiary/aromatic N) is 4. The minimum atomic E-state index is -0.321. The second-order valence-corrected chi connectivity index (χ2v) is 10.4. The van der Waals surface area contributed by atoms with Crippen molar-refractivity contribution in [2.24, 2.45) is 0 Å². The molecule has 0 aliphatic heterocycles. The maximum atomic E-state index is 14.1. The number of phenols is 1. The molecule has 1 amide bonds. The first kappa shape index (κ1) is 27.7. The summed E-state index contributed by atoms with van der Waals surface area (Å²) in [6, 6.07) is 17.2. The molecular weight excluding hydrogens is 519 g/mol. The van der Waals surface area contributed by atoms with Crippen LogP contribution in [0.4, 0.5) is 5.69 Å². The van der Waals surface area contributed by atoms with Crippen molar-refractivity contribution in [2.45, 2.75) is 58.0 Å². The van der Waals surface area contributed by atoms with Crippen molar-refractivity contribution in [1.29, 1.82) is 0 Å². The Morgan fingerprint density at radius 2 is 1.95 bits per heavy atom. The van der Waals surface area contributed by atoms with Crippen LogP contribution in [0.5, 0.6) is 5.75 Å². The molecule has 0 bridgehead atoms. The number of halogens is 2. The van der Waals surface area contributed by atoms with E-state index in [9.17, 15) is 9.90 Å². The topological polar surface area (TPSA) is 71.2 Å². The van der Waals surface area contributed by atoms with Gasteiger partial charge in [0.1, 0.15) is 5.75 Å². The Kier molecular flexibility index (Phi) is 8.75. The van der Waals surface area contributed by atoms with E-state index in [1.54, 1.807) is 23.4 Å². The van der Waals surface area contributed by atoms with Gasteiger partial charge in [0, 0.05) is 22.5 Å². The normalized spacial score (nSPS) is 14.6. The molecule has 38 heavy (non-hydrogen) atoms. The van der Waals surface area contributed by atoms with Gasteiger partial charge < -0.3 is 10.0 Å². The third kappa shape index (κ3) is 5.87. The lowest BCUT2D eigenvalue weighted by molar-refractivity contribution is -0.120. The number of carbonyl (C=O) groups is 1. The Morgan fingerprint density at radius 3 is 2.68 bits per heavy atom. The molecule has 6 nitrogen and oxygen atoms in total. The SMILES string of the molecule is CC(C)c1ccc(N(Cc2cnn(Cc3ccccc3Cl)c2)C(=O)C2CCCc3c(O)cccc32)cn1.Cl. The summed E-state index contributed by atoms with van der Waals surface area (Å²) in [6.07, 6.45) is 7.93. The highest BCUT2D eigenvalue weighted by Gasteiger charge is 2.32. The van der Waals surface area contributed by atoms with E-state index in [-0.39, 0.29) is 30.0 Å². The number of fused-ring (bicyclic) bond motifs is 1. The molecule has 1 N–H and O–H groups in total. The van der Waals surface area contributed by atoms with Crippen LogP contribution >= 0.6 is 24.0 Å². The predicted octanol–water partition coefficient (Wildman–Crippen LogP) is 6.88. The van der Waals surface area contributed by atoms with Crippen molar-refractivity contribution in [3.8, 4) is 5.75 Å². The summed E-state index contributed by atoms with van der Waals surface area (Å²) in [5.41, 5.74) is 5.44. The zero-order valence-corrected chi connectivity index (χ0v) is 23.1. The molecule has 1 aliphatic rings. The molecule has 1 atom stereocenters. The molecule has 0 spiro atoms. The van der Waals surface area contributed by atoms with Gasteiger partial charge in [-0.25, -0.2) is 0 Å².